The van der Waals surface area contributed by atoms with Gasteiger partial charge in [0.1, 0.15) is 11.2 Å². The Labute approximate surface area is 105 Å². The fourth-order valence-electron chi connectivity index (χ4n) is 2.30. The second kappa shape index (κ2) is 4.76. The average Bonchev–Trinajstić information content (AvgIpc) is 2.39. The molecule has 1 aromatic heterocycles. The molecule has 1 aliphatic heterocycles. The quantitative estimate of drug-likeness (QED) is 0.862. The summed E-state index contributed by atoms with van der Waals surface area (Å²) >= 11 is 0. The summed E-state index contributed by atoms with van der Waals surface area (Å²) < 4.78 is 0. The SMILES string of the molecule is CC1(C(=O)O)CCCCN1C(=O)c1ccccn1. The zero-order valence-corrected chi connectivity index (χ0v) is 10.3. The maximum absolute atomic E-state index is 12.3. The van der Waals surface area contributed by atoms with Gasteiger partial charge in [-0.3, -0.25) is 9.78 Å². The highest BCUT2D eigenvalue weighted by Crippen LogP contribution is 2.29. The van der Waals surface area contributed by atoms with Gasteiger partial charge in [0.25, 0.3) is 5.91 Å². The largest absolute Gasteiger partial charge is 0.480 e. The lowest BCUT2D eigenvalue weighted by molar-refractivity contribution is -0.150. The van der Waals surface area contributed by atoms with E-state index in [0.717, 1.165) is 12.8 Å². The van der Waals surface area contributed by atoms with Crippen molar-refractivity contribution in [3.05, 3.63) is 30.1 Å². The van der Waals surface area contributed by atoms with Crippen molar-refractivity contribution in [3.8, 4) is 0 Å². The average molecular weight is 248 g/mol. The van der Waals surface area contributed by atoms with Crippen LogP contribution >= 0.6 is 0 Å². The Morgan fingerprint density at radius 1 is 1.39 bits per heavy atom. The molecule has 1 fully saturated rings. The van der Waals surface area contributed by atoms with Crippen LogP contribution in [-0.2, 0) is 4.79 Å². The first-order valence-electron chi connectivity index (χ1n) is 6.02. The lowest BCUT2D eigenvalue weighted by Crippen LogP contribution is -2.57. The molecular formula is C13H16N2O3. The van der Waals surface area contributed by atoms with Gasteiger partial charge in [0, 0.05) is 12.7 Å². The molecule has 0 saturated carbocycles. The summed E-state index contributed by atoms with van der Waals surface area (Å²) in [7, 11) is 0. The number of carboxylic acid groups (broad SMARTS) is 1. The van der Waals surface area contributed by atoms with Crippen LogP contribution in [0.25, 0.3) is 0 Å². The highest BCUT2D eigenvalue weighted by atomic mass is 16.4. The summed E-state index contributed by atoms with van der Waals surface area (Å²) in [6.07, 6.45) is 3.69. The summed E-state index contributed by atoms with van der Waals surface area (Å²) in [5.41, 5.74) is -0.820. The molecule has 18 heavy (non-hydrogen) atoms. The number of nitrogens with zero attached hydrogens (tertiary/aromatic N) is 2. The molecule has 1 saturated heterocycles. The summed E-state index contributed by atoms with van der Waals surface area (Å²) in [6.45, 7) is 2.08. The lowest BCUT2D eigenvalue weighted by Gasteiger charge is -2.41. The van der Waals surface area contributed by atoms with Crippen molar-refractivity contribution in [1.82, 2.24) is 9.88 Å². The molecule has 1 amide bonds. The van der Waals surface area contributed by atoms with Gasteiger partial charge < -0.3 is 10.0 Å². The maximum Gasteiger partial charge on any atom is 0.329 e. The molecule has 2 rings (SSSR count). The lowest BCUT2D eigenvalue weighted by atomic mass is 9.88. The molecule has 1 unspecified atom stereocenters. The Morgan fingerprint density at radius 3 is 2.78 bits per heavy atom. The van der Waals surface area contributed by atoms with Crippen LogP contribution in [0.3, 0.4) is 0 Å². The molecule has 0 bridgehead atoms. The van der Waals surface area contributed by atoms with Gasteiger partial charge in [-0.15, -0.1) is 0 Å². The van der Waals surface area contributed by atoms with Gasteiger partial charge in [0.05, 0.1) is 0 Å². The molecule has 0 aromatic carbocycles. The molecule has 96 valence electrons. The normalized spacial score (nSPS) is 23.7. The number of amides is 1. The molecule has 1 atom stereocenters. The van der Waals surface area contributed by atoms with E-state index >= 15 is 0 Å². The fraction of sp³-hybridized carbons (Fsp3) is 0.462. The summed E-state index contributed by atoms with van der Waals surface area (Å²) in [4.78, 5) is 29.2. The fourth-order valence-corrected chi connectivity index (χ4v) is 2.30. The van der Waals surface area contributed by atoms with Crippen molar-refractivity contribution < 1.29 is 14.7 Å². The van der Waals surface area contributed by atoms with E-state index in [-0.39, 0.29) is 5.91 Å². The number of carboxylic acids is 1. The number of piperidine rings is 1. The van der Waals surface area contributed by atoms with E-state index in [1.165, 1.54) is 11.1 Å². The second-order valence-electron chi connectivity index (χ2n) is 4.71. The third kappa shape index (κ3) is 2.08. The van der Waals surface area contributed by atoms with Gasteiger partial charge in [-0.2, -0.15) is 0 Å². The maximum atomic E-state index is 12.3. The van der Waals surface area contributed by atoms with Crippen molar-refractivity contribution in [2.45, 2.75) is 31.7 Å². The smallest absolute Gasteiger partial charge is 0.329 e. The van der Waals surface area contributed by atoms with Crippen molar-refractivity contribution >= 4 is 11.9 Å². The van der Waals surface area contributed by atoms with E-state index < -0.39 is 11.5 Å². The van der Waals surface area contributed by atoms with Gasteiger partial charge in [-0.25, -0.2) is 4.79 Å². The molecule has 2 heterocycles. The molecule has 1 N–H and O–H groups in total. The van der Waals surface area contributed by atoms with Crippen LogP contribution in [0.1, 0.15) is 36.7 Å². The van der Waals surface area contributed by atoms with Crippen molar-refractivity contribution in [2.24, 2.45) is 0 Å². The van der Waals surface area contributed by atoms with E-state index in [4.69, 9.17) is 0 Å². The number of aliphatic carboxylic acids is 1. The summed E-state index contributed by atoms with van der Waals surface area (Å²) in [5, 5.41) is 9.35. The van der Waals surface area contributed by atoms with E-state index in [0.29, 0.717) is 18.7 Å². The first-order valence-corrected chi connectivity index (χ1v) is 6.02. The van der Waals surface area contributed by atoms with Gasteiger partial charge in [0.15, 0.2) is 0 Å². The van der Waals surface area contributed by atoms with Gasteiger partial charge in [0.2, 0.25) is 0 Å². The predicted molar refractivity (Wildman–Crippen MR) is 65.2 cm³/mol. The number of rotatable bonds is 2. The number of pyridine rings is 1. The molecule has 1 aliphatic rings. The molecule has 0 spiro atoms. The van der Waals surface area contributed by atoms with Crippen molar-refractivity contribution in [3.63, 3.8) is 0 Å². The van der Waals surface area contributed by atoms with E-state index in [1.54, 1.807) is 25.1 Å². The molecular weight excluding hydrogens is 232 g/mol. The zero-order chi connectivity index (χ0) is 13.2. The zero-order valence-electron chi connectivity index (χ0n) is 10.3. The summed E-state index contributed by atoms with van der Waals surface area (Å²) in [6, 6.07) is 5.06. The second-order valence-corrected chi connectivity index (χ2v) is 4.71. The van der Waals surface area contributed by atoms with E-state index in [2.05, 4.69) is 4.98 Å². The molecule has 0 aliphatic carbocycles. The number of carbonyl (C=O) groups is 2. The Hall–Kier alpha value is -1.91. The topological polar surface area (TPSA) is 70.5 Å². The Morgan fingerprint density at radius 2 is 2.17 bits per heavy atom. The monoisotopic (exact) mass is 248 g/mol. The van der Waals surface area contributed by atoms with Crippen LogP contribution < -0.4 is 0 Å². The van der Waals surface area contributed by atoms with Crippen LogP contribution in [0.5, 0.6) is 0 Å². The molecule has 5 heteroatoms. The highest BCUT2D eigenvalue weighted by molar-refractivity contribution is 5.96. The van der Waals surface area contributed by atoms with Gasteiger partial charge in [-0.1, -0.05) is 6.07 Å². The highest BCUT2D eigenvalue weighted by Gasteiger charge is 2.44. The first kappa shape index (κ1) is 12.5. The number of likely N-dealkylation sites (tertiary alicyclic amines) is 1. The predicted octanol–water partition coefficient (Wildman–Crippen LogP) is 1.55. The molecule has 1 aromatic rings. The minimum atomic E-state index is -1.12. The Balaban J connectivity index is 2.30. The van der Waals surface area contributed by atoms with Crippen LogP contribution in [-0.4, -0.2) is 39.0 Å². The molecule has 0 radical (unpaired) electrons. The minimum Gasteiger partial charge on any atom is -0.480 e. The third-order valence-electron chi connectivity index (χ3n) is 3.48. The van der Waals surface area contributed by atoms with Crippen LogP contribution in [0, 0.1) is 0 Å². The third-order valence-corrected chi connectivity index (χ3v) is 3.48. The Bertz CT molecular complexity index is 461. The number of aromatic nitrogens is 1. The first-order chi connectivity index (χ1) is 8.55. The number of carbonyl (C=O) groups excluding carboxylic acids is 1. The Kier molecular flexibility index (Phi) is 3.32. The van der Waals surface area contributed by atoms with Crippen molar-refractivity contribution in [2.75, 3.05) is 6.54 Å². The summed E-state index contributed by atoms with van der Waals surface area (Å²) in [5.74, 6) is -1.26. The van der Waals surface area contributed by atoms with Crippen LogP contribution in [0.2, 0.25) is 0 Å². The van der Waals surface area contributed by atoms with Crippen LogP contribution in [0.4, 0.5) is 0 Å². The number of hydrogen-bond acceptors (Lipinski definition) is 3. The van der Waals surface area contributed by atoms with Crippen molar-refractivity contribution in [1.29, 1.82) is 0 Å². The molecule has 5 nitrogen and oxygen atoms in total. The standard InChI is InChI=1S/C13H16N2O3/c1-13(12(17)18)7-3-5-9-15(13)11(16)10-6-2-4-8-14-10/h2,4,6,8H,3,5,7,9H2,1H3,(H,17,18). The van der Waals surface area contributed by atoms with Gasteiger partial charge in [-0.05, 0) is 38.3 Å². The van der Waals surface area contributed by atoms with E-state index in [9.17, 15) is 14.7 Å². The minimum absolute atomic E-state index is 0.298. The van der Waals surface area contributed by atoms with Gasteiger partial charge >= 0.3 is 5.97 Å². The number of hydrogen-bond donors (Lipinski definition) is 1. The van der Waals surface area contributed by atoms with E-state index in [1.807, 2.05) is 0 Å². The van der Waals surface area contributed by atoms with Crippen LogP contribution in [0.15, 0.2) is 24.4 Å².